The predicted molar refractivity (Wildman–Crippen MR) is 62.6 cm³/mol. The van der Waals surface area contributed by atoms with Crippen molar-refractivity contribution in [3.8, 4) is 0 Å². The summed E-state index contributed by atoms with van der Waals surface area (Å²) in [6, 6.07) is 0. The molecule has 0 amide bonds. The van der Waals surface area contributed by atoms with Crippen molar-refractivity contribution >= 4 is 0 Å². The van der Waals surface area contributed by atoms with Gasteiger partial charge in [-0.1, -0.05) is 30.4 Å². The highest BCUT2D eigenvalue weighted by Crippen LogP contribution is 2.26. The lowest BCUT2D eigenvalue weighted by atomic mass is 10.1. The molecule has 0 aromatic carbocycles. The van der Waals surface area contributed by atoms with Crippen molar-refractivity contribution in [1.29, 1.82) is 0 Å². The standard InChI is InChI=1S/C13H20O2/c1-6-11(8-7-10(2)3)12-9-14-13(4,5)15-12/h6-8,12H,1,9H2,2-5H3/b11-8+. The summed E-state index contributed by atoms with van der Waals surface area (Å²) in [6.07, 6.45) is 5.94. The summed E-state index contributed by atoms with van der Waals surface area (Å²) in [5.41, 5.74) is 2.33. The Bertz CT molecular complexity index is 294. The summed E-state index contributed by atoms with van der Waals surface area (Å²) in [5, 5.41) is 0. The smallest absolute Gasteiger partial charge is 0.163 e. The van der Waals surface area contributed by atoms with Crippen LogP contribution in [0.4, 0.5) is 0 Å². The van der Waals surface area contributed by atoms with E-state index in [2.05, 4.69) is 26.5 Å². The molecule has 1 aliphatic heterocycles. The van der Waals surface area contributed by atoms with Gasteiger partial charge in [0.1, 0.15) is 6.10 Å². The fourth-order valence-corrected chi connectivity index (χ4v) is 1.42. The Labute approximate surface area is 92.3 Å². The molecule has 0 aromatic rings. The maximum Gasteiger partial charge on any atom is 0.163 e. The summed E-state index contributed by atoms with van der Waals surface area (Å²) in [5.74, 6) is -0.474. The van der Waals surface area contributed by atoms with E-state index in [-0.39, 0.29) is 6.10 Å². The third-order valence-electron chi connectivity index (χ3n) is 2.22. The van der Waals surface area contributed by atoms with E-state index in [0.29, 0.717) is 6.61 Å². The third-order valence-corrected chi connectivity index (χ3v) is 2.22. The molecule has 0 aliphatic carbocycles. The summed E-state index contributed by atoms with van der Waals surface area (Å²) in [4.78, 5) is 0. The van der Waals surface area contributed by atoms with E-state index < -0.39 is 5.79 Å². The molecule has 1 heterocycles. The molecule has 1 atom stereocenters. The molecule has 0 aromatic heterocycles. The van der Waals surface area contributed by atoms with Gasteiger partial charge in [0.15, 0.2) is 5.79 Å². The number of hydrogen-bond acceptors (Lipinski definition) is 2. The minimum atomic E-state index is -0.474. The van der Waals surface area contributed by atoms with Crippen molar-refractivity contribution in [2.24, 2.45) is 0 Å². The molecule has 1 aliphatic rings. The highest BCUT2D eigenvalue weighted by molar-refractivity contribution is 5.28. The lowest BCUT2D eigenvalue weighted by Gasteiger charge is -2.17. The molecule has 2 heteroatoms. The van der Waals surface area contributed by atoms with Crippen LogP contribution in [0.1, 0.15) is 27.7 Å². The topological polar surface area (TPSA) is 18.5 Å². The molecular formula is C13H20O2. The molecule has 1 rings (SSSR count). The zero-order valence-electron chi connectivity index (χ0n) is 10.0. The van der Waals surface area contributed by atoms with Crippen molar-refractivity contribution in [3.05, 3.63) is 36.0 Å². The zero-order chi connectivity index (χ0) is 11.5. The fourth-order valence-electron chi connectivity index (χ4n) is 1.42. The second-order valence-electron chi connectivity index (χ2n) is 4.43. The summed E-state index contributed by atoms with van der Waals surface area (Å²) >= 11 is 0. The first kappa shape index (κ1) is 12.2. The molecular weight excluding hydrogens is 188 g/mol. The van der Waals surface area contributed by atoms with Crippen LogP contribution >= 0.6 is 0 Å². The Morgan fingerprint density at radius 2 is 2.00 bits per heavy atom. The van der Waals surface area contributed by atoms with Crippen molar-refractivity contribution in [3.63, 3.8) is 0 Å². The number of rotatable bonds is 3. The van der Waals surface area contributed by atoms with Gasteiger partial charge in [0, 0.05) is 0 Å². The molecule has 2 nitrogen and oxygen atoms in total. The Morgan fingerprint density at radius 1 is 1.33 bits per heavy atom. The molecule has 0 spiro atoms. The lowest BCUT2D eigenvalue weighted by Crippen LogP contribution is -2.22. The van der Waals surface area contributed by atoms with E-state index in [9.17, 15) is 0 Å². The van der Waals surface area contributed by atoms with Gasteiger partial charge in [0.2, 0.25) is 0 Å². The minimum absolute atomic E-state index is 0.00750. The van der Waals surface area contributed by atoms with Crippen LogP contribution in [-0.4, -0.2) is 18.5 Å². The fraction of sp³-hybridized carbons (Fsp3) is 0.538. The quantitative estimate of drug-likeness (QED) is 0.663. The number of allylic oxidation sites excluding steroid dienone is 3. The Kier molecular flexibility index (Phi) is 3.89. The SMILES string of the molecule is C=C/C(=C\C=C(C)C)C1COC(C)(C)O1. The largest absolute Gasteiger partial charge is 0.347 e. The molecule has 0 N–H and O–H groups in total. The normalized spacial score (nSPS) is 25.1. The van der Waals surface area contributed by atoms with E-state index in [4.69, 9.17) is 9.47 Å². The average Bonchev–Trinajstić information content (AvgIpc) is 2.47. The first-order valence-corrected chi connectivity index (χ1v) is 5.24. The van der Waals surface area contributed by atoms with Crippen LogP contribution in [0.3, 0.4) is 0 Å². The van der Waals surface area contributed by atoms with Gasteiger partial charge in [-0.2, -0.15) is 0 Å². The van der Waals surface area contributed by atoms with Gasteiger partial charge < -0.3 is 9.47 Å². The Morgan fingerprint density at radius 3 is 2.40 bits per heavy atom. The number of ether oxygens (including phenoxy) is 2. The van der Waals surface area contributed by atoms with Crippen LogP contribution in [0.2, 0.25) is 0 Å². The number of hydrogen-bond donors (Lipinski definition) is 0. The summed E-state index contributed by atoms with van der Waals surface area (Å²) in [6.45, 7) is 12.4. The van der Waals surface area contributed by atoms with Crippen LogP contribution in [0.5, 0.6) is 0 Å². The molecule has 1 unspecified atom stereocenters. The maximum absolute atomic E-state index is 5.74. The van der Waals surface area contributed by atoms with Crippen molar-refractivity contribution < 1.29 is 9.47 Å². The molecule has 0 bridgehead atoms. The molecule has 0 saturated carbocycles. The van der Waals surface area contributed by atoms with Crippen LogP contribution < -0.4 is 0 Å². The Balaban J connectivity index is 2.73. The first-order chi connectivity index (χ1) is 6.94. The van der Waals surface area contributed by atoms with Gasteiger partial charge in [0.05, 0.1) is 6.61 Å². The van der Waals surface area contributed by atoms with E-state index in [1.165, 1.54) is 5.57 Å². The van der Waals surface area contributed by atoms with Crippen LogP contribution in [0, 0.1) is 0 Å². The second-order valence-corrected chi connectivity index (χ2v) is 4.43. The molecule has 0 radical (unpaired) electrons. The van der Waals surface area contributed by atoms with Gasteiger partial charge in [-0.25, -0.2) is 0 Å². The predicted octanol–water partition coefficient (Wildman–Crippen LogP) is 3.22. The minimum Gasteiger partial charge on any atom is -0.347 e. The highest BCUT2D eigenvalue weighted by Gasteiger charge is 2.33. The molecule has 15 heavy (non-hydrogen) atoms. The van der Waals surface area contributed by atoms with Crippen molar-refractivity contribution in [2.75, 3.05) is 6.61 Å². The zero-order valence-corrected chi connectivity index (χ0v) is 10.0. The molecule has 1 saturated heterocycles. The molecule has 84 valence electrons. The average molecular weight is 208 g/mol. The monoisotopic (exact) mass is 208 g/mol. The van der Waals surface area contributed by atoms with Gasteiger partial charge in [-0.05, 0) is 33.3 Å². The van der Waals surface area contributed by atoms with Gasteiger partial charge in [0.25, 0.3) is 0 Å². The third kappa shape index (κ3) is 3.65. The van der Waals surface area contributed by atoms with E-state index >= 15 is 0 Å². The van der Waals surface area contributed by atoms with Crippen LogP contribution in [-0.2, 0) is 9.47 Å². The van der Waals surface area contributed by atoms with Gasteiger partial charge in [-0.3, -0.25) is 0 Å². The molecule has 1 fully saturated rings. The Hall–Kier alpha value is -0.860. The van der Waals surface area contributed by atoms with Crippen molar-refractivity contribution in [2.45, 2.75) is 39.6 Å². The lowest BCUT2D eigenvalue weighted by molar-refractivity contribution is -0.134. The van der Waals surface area contributed by atoms with Gasteiger partial charge in [-0.15, -0.1) is 0 Å². The van der Waals surface area contributed by atoms with E-state index in [1.807, 2.05) is 26.0 Å². The highest BCUT2D eigenvalue weighted by atomic mass is 16.7. The second kappa shape index (κ2) is 4.77. The van der Waals surface area contributed by atoms with Crippen LogP contribution in [0.15, 0.2) is 36.0 Å². The first-order valence-electron chi connectivity index (χ1n) is 5.24. The van der Waals surface area contributed by atoms with E-state index in [1.54, 1.807) is 0 Å². The van der Waals surface area contributed by atoms with Crippen molar-refractivity contribution in [1.82, 2.24) is 0 Å². The summed E-state index contributed by atoms with van der Waals surface area (Å²) < 4.78 is 11.3. The summed E-state index contributed by atoms with van der Waals surface area (Å²) in [7, 11) is 0. The van der Waals surface area contributed by atoms with Gasteiger partial charge >= 0.3 is 0 Å². The maximum atomic E-state index is 5.74. The van der Waals surface area contributed by atoms with E-state index in [0.717, 1.165) is 5.57 Å². The van der Waals surface area contributed by atoms with Crippen LogP contribution in [0.25, 0.3) is 0 Å².